The quantitative estimate of drug-likeness (QED) is 0.460. The molecule has 1 unspecified atom stereocenters. The highest BCUT2D eigenvalue weighted by Crippen LogP contribution is 2.24. The van der Waals surface area contributed by atoms with Crippen molar-refractivity contribution in [2.24, 2.45) is 0 Å². The Bertz CT molecular complexity index is 76.8. The van der Waals surface area contributed by atoms with E-state index in [-0.39, 0.29) is 4.75 Å². The average molecular weight is 160 g/mol. The lowest BCUT2D eigenvalue weighted by Crippen LogP contribution is -2.13. The first-order valence-electron chi connectivity index (χ1n) is 4.34. The predicted octanol–water partition coefficient (Wildman–Crippen LogP) is 3.67. The van der Waals surface area contributed by atoms with Gasteiger partial charge in [-0.1, -0.05) is 40.0 Å². The average Bonchev–Trinajstić information content (AvgIpc) is 1.89. The number of hydrogen-bond acceptors (Lipinski definition) is 1. The molecule has 0 bridgehead atoms. The van der Waals surface area contributed by atoms with Crippen molar-refractivity contribution in [1.29, 1.82) is 0 Å². The van der Waals surface area contributed by atoms with Crippen LogP contribution in [-0.4, -0.2) is 4.75 Å². The van der Waals surface area contributed by atoms with Crippen molar-refractivity contribution in [2.75, 3.05) is 0 Å². The van der Waals surface area contributed by atoms with E-state index in [4.69, 9.17) is 0 Å². The standard InChI is InChI=1S/C9H20S/c1-4-6-7-8-9(3,10)5-2/h10H,4-8H2,1-3H3. The number of hydrogen-bond donors (Lipinski definition) is 1. The normalized spacial score (nSPS) is 16.8. The summed E-state index contributed by atoms with van der Waals surface area (Å²) in [5.74, 6) is 0. The van der Waals surface area contributed by atoms with Gasteiger partial charge in [0.05, 0.1) is 0 Å². The predicted molar refractivity (Wildman–Crippen MR) is 51.8 cm³/mol. The molecule has 0 radical (unpaired) electrons. The molecular weight excluding hydrogens is 140 g/mol. The van der Waals surface area contributed by atoms with Crippen LogP contribution in [0.25, 0.3) is 0 Å². The van der Waals surface area contributed by atoms with Crippen molar-refractivity contribution in [3.05, 3.63) is 0 Å². The topological polar surface area (TPSA) is 0 Å². The molecular formula is C9H20S. The minimum atomic E-state index is 0.287. The fourth-order valence-corrected chi connectivity index (χ4v) is 1.09. The fourth-order valence-electron chi connectivity index (χ4n) is 0.933. The molecule has 0 rings (SSSR count). The SMILES string of the molecule is CCCCCC(C)(S)CC. The summed E-state index contributed by atoms with van der Waals surface area (Å²) >= 11 is 4.56. The van der Waals surface area contributed by atoms with Crippen LogP contribution in [0.2, 0.25) is 0 Å². The molecule has 62 valence electrons. The van der Waals surface area contributed by atoms with Crippen molar-refractivity contribution in [2.45, 2.75) is 57.6 Å². The zero-order valence-corrected chi connectivity index (χ0v) is 8.38. The summed E-state index contributed by atoms with van der Waals surface area (Å²) in [5.41, 5.74) is 0. The molecule has 0 nitrogen and oxygen atoms in total. The summed E-state index contributed by atoms with van der Waals surface area (Å²) in [7, 11) is 0. The molecule has 1 heteroatoms. The second-order valence-corrected chi connectivity index (χ2v) is 4.39. The number of rotatable bonds is 5. The highest BCUT2D eigenvalue weighted by molar-refractivity contribution is 7.81. The van der Waals surface area contributed by atoms with Crippen LogP contribution in [0.5, 0.6) is 0 Å². The molecule has 0 aliphatic carbocycles. The molecule has 0 aromatic carbocycles. The van der Waals surface area contributed by atoms with Gasteiger partial charge in [-0.25, -0.2) is 0 Å². The summed E-state index contributed by atoms with van der Waals surface area (Å²) in [6, 6.07) is 0. The van der Waals surface area contributed by atoms with Crippen molar-refractivity contribution < 1.29 is 0 Å². The number of thiol groups is 1. The van der Waals surface area contributed by atoms with Gasteiger partial charge in [-0.3, -0.25) is 0 Å². The minimum absolute atomic E-state index is 0.287. The maximum atomic E-state index is 4.56. The Balaban J connectivity index is 3.28. The highest BCUT2D eigenvalue weighted by atomic mass is 32.1. The lowest BCUT2D eigenvalue weighted by Gasteiger charge is -2.20. The van der Waals surface area contributed by atoms with Crippen LogP contribution in [-0.2, 0) is 0 Å². The summed E-state index contributed by atoms with van der Waals surface area (Å²) in [6.07, 6.45) is 6.45. The maximum Gasteiger partial charge on any atom is 0.00987 e. The molecule has 0 N–H and O–H groups in total. The van der Waals surface area contributed by atoms with E-state index in [9.17, 15) is 0 Å². The third kappa shape index (κ3) is 5.16. The molecule has 0 aromatic rings. The molecule has 0 saturated carbocycles. The van der Waals surface area contributed by atoms with Crippen molar-refractivity contribution in [3.8, 4) is 0 Å². The Morgan fingerprint density at radius 2 is 1.80 bits per heavy atom. The van der Waals surface area contributed by atoms with Crippen molar-refractivity contribution in [3.63, 3.8) is 0 Å². The molecule has 1 atom stereocenters. The molecule has 0 aromatic heterocycles. The van der Waals surface area contributed by atoms with Gasteiger partial charge in [0.25, 0.3) is 0 Å². The summed E-state index contributed by atoms with van der Waals surface area (Å²) in [6.45, 7) is 6.67. The lowest BCUT2D eigenvalue weighted by atomic mass is 10.00. The second-order valence-electron chi connectivity index (χ2n) is 3.31. The zero-order chi connectivity index (χ0) is 8.04. The Labute approximate surface area is 70.8 Å². The monoisotopic (exact) mass is 160 g/mol. The minimum Gasteiger partial charge on any atom is -0.173 e. The molecule has 0 heterocycles. The van der Waals surface area contributed by atoms with Crippen LogP contribution in [0.15, 0.2) is 0 Å². The maximum absolute atomic E-state index is 4.56. The summed E-state index contributed by atoms with van der Waals surface area (Å²) in [4.78, 5) is 0. The summed E-state index contributed by atoms with van der Waals surface area (Å²) in [5, 5.41) is 0. The Morgan fingerprint density at radius 1 is 1.20 bits per heavy atom. The van der Waals surface area contributed by atoms with Crippen LogP contribution >= 0.6 is 12.6 Å². The van der Waals surface area contributed by atoms with E-state index in [0.717, 1.165) is 0 Å². The second kappa shape index (κ2) is 5.06. The van der Waals surface area contributed by atoms with Gasteiger partial charge in [-0.05, 0) is 12.8 Å². The van der Waals surface area contributed by atoms with E-state index in [1.54, 1.807) is 0 Å². The molecule has 10 heavy (non-hydrogen) atoms. The first-order chi connectivity index (χ1) is 4.62. The molecule has 0 spiro atoms. The van der Waals surface area contributed by atoms with Gasteiger partial charge in [0, 0.05) is 4.75 Å². The van der Waals surface area contributed by atoms with E-state index >= 15 is 0 Å². The number of unbranched alkanes of at least 4 members (excludes halogenated alkanes) is 2. The Hall–Kier alpha value is 0.350. The van der Waals surface area contributed by atoms with E-state index in [1.165, 1.54) is 32.1 Å². The molecule has 0 aliphatic heterocycles. The molecule has 0 amide bonds. The lowest BCUT2D eigenvalue weighted by molar-refractivity contribution is 0.529. The van der Waals surface area contributed by atoms with Gasteiger partial charge in [0.1, 0.15) is 0 Å². The van der Waals surface area contributed by atoms with Gasteiger partial charge in [-0.15, -0.1) is 0 Å². The van der Waals surface area contributed by atoms with Crippen LogP contribution in [0.3, 0.4) is 0 Å². The Kier molecular flexibility index (Phi) is 5.24. The summed E-state index contributed by atoms with van der Waals surface area (Å²) < 4.78 is 0.287. The zero-order valence-electron chi connectivity index (χ0n) is 7.48. The van der Waals surface area contributed by atoms with Gasteiger partial charge >= 0.3 is 0 Å². The van der Waals surface area contributed by atoms with Crippen LogP contribution in [0.4, 0.5) is 0 Å². The third-order valence-corrected chi connectivity index (χ3v) is 2.62. The van der Waals surface area contributed by atoms with Gasteiger partial charge in [0.15, 0.2) is 0 Å². The molecule has 0 saturated heterocycles. The molecule has 0 aliphatic rings. The van der Waals surface area contributed by atoms with E-state index in [0.29, 0.717) is 0 Å². The Morgan fingerprint density at radius 3 is 2.20 bits per heavy atom. The molecule has 0 fully saturated rings. The first kappa shape index (κ1) is 10.3. The van der Waals surface area contributed by atoms with Crippen molar-refractivity contribution in [1.82, 2.24) is 0 Å². The largest absolute Gasteiger partial charge is 0.173 e. The highest BCUT2D eigenvalue weighted by Gasteiger charge is 2.14. The van der Waals surface area contributed by atoms with E-state index in [1.807, 2.05) is 0 Å². The van der Waals surface area contributed by atoms with E-state index < -0.39 is 0 Å². The van der Waals surface area contributed by atoms with Crippen molar-refractivity contribution >= 4 is 12.6 Å². The fraction of sp³-hybridized carbons (Fsp3) is 1.00. The van der Waals surface area contributed by atoms with Crippen LogP contribution in [0, 0.1) is 0 Å². The van der Waals surface area contributed by atoms with Gasteiger partial charge in [-0.2, -0.15) is 12.6 Å². The van der Waals surface area contributed by atoms with Gasteiger partial charge < -0.3 is 0 Å². The first-order valence-corrected chi connectivity index (χ1v) is 4.79. The smallest absolute Gasteiger partial charge is 0.00987 e. The van der Waals surface area contributed by atoms with E-state index in [2.05, 4.69) is 33.4 Å². The van der Waals surface area contributed by atoms with Gasteiger partial charge in [0.2, 0.25) is 0 Å². The van der Waals surface area contributed by atoms with Crippen LogP contribution in [0.1, 0.15) is 52.9 Å². The van der Waals surface area contributed by atoms with Crippen LogP contribution < -0.4 is 0 Å². The third-order valence-electron chi connectivity index (χ3n) is 2.08.